The van der Waals surface area contributed by atoms with Crippen LogP contribution in [0.25, 0.3) is 0 Å². The predicted molar refractivity (Wildman–Crippen MR) is 85.5 cm³/mol. The van der Waals surface area contributed by atoms with Crippen LogP contribution in [0.2, 0.25) is 0 Å². The Morgan fingerprint density at radius 3 is 1.95 bits per heavy atom. The van der Waals surface area contributed by atoms with Crippen LogP contribution in [0.15, 0.2) is 0 Å². The van der Waals surface area contributed by atoms with Gasteiger partial charge in [-0.25, -0.2) is 0 Å². The van der Waals surface area contributed by atoms with E-state index >= 15 is 0 Å². The van der Waals surface area contributed by atoms with Crippen LogP contribution < -0.4 is 5.32 Å². The lowest BCUT2D eigenvalue weighted by Gasteiger charge is -2.15. The van der Waals surface area contributed by atoms with Crippen LogP contribution >= 0.6 is 0 Å². The maximum atomic E-state index is 11.8. The Kier molecular flexibility index (Phi) is 10.7. The first-order valence-corrected chi connectivity index (χ1v) is 9.56. The van der Waals surface area contributed by atoms with Crippen molar-refractivity contribution >= 4 is 16.0 Å². The highest BCUT2D eigenvalue weighted by molar-refractivity contribution is 7.86. The van der Waals surface area contributed by atoms with E-state index in [1.54, 1.807) is 6.92 Å². The largest absolute Gasteiger partial charge is 0.338 e. The SMILES string of the molecule is CCCCCCCCCCC(C)C(=O)NC(C)S(=O)(=O)O. The highest BCUT2D eigenvalue weighted by Gasteiger charge is 2.22. The lowest BCUT2D eigenvalue weighted by Crippen LogP contribution is -2.40. The molecule has 0 aromatic rings. The summed E-state index contributed by atoms with van der Waals surface area (Å²) < 4.78 is 30.5. The molecule has 0 radical (unpaired) electrons. The highest BCUT2D eigenvalue weighted by atomic mass is 32.2. The van der Waals surface area contributed by atoms with E-state index in [1.165, 1.54) is 45.4 Å². The van der Waals surface area contributed by atoms with Crippen LogP contribution in [-0.4, -0.2) is 24.3 Å². The van der Waals surface area contributed by atoms with E-state index in [1.807, 2.05) is 0 Å². The maximum absolute atomic E-state index is 11.8. The predicted octanol–water partition coefficient (Wildman–Crippen LogP) is 3.50. The average molecular weight is 321 g/mol. The van der Waals surface area contributed by atoms with Crippen LogP contribution in [0.4, 0.5) is 0 Å². The summed E-state index contributed by atoms with van der Waals surface area (Å²) in [5, 5.41) is 1.07. The number of rotatable bonds is 12. The molecule has 2 unspecified atom stereocenters. The third-order valence-corrected chi connectivity index (χ3v) is 4.74. The Balaban J connectivity index is 3.70. The van der Waals surface area contributed by atoms with Crippen LogP contribution in [0, 0.1) is 5.92 Å². The second-order valence-electron chi connectivity index (χ2n) is 5.83. The van der Waals surface area contributed by atoms with Gasteiger partial charge in [0.1, 0.15) is 0 Å². The Morgan fingerprint density at radius 1 is 1.00 bits per heavy atom. The Hall–Kier alpha value is -0.620. The van der Waals surface area contributed by atoms with E-state index in [0.29, 0.717) is 0 Å². The number of carbonyl (C=O) groups excluding carboxylic acids is 1. The van der Waals surface area contributed by atoms with E-state index in [2.05, 4.69) is 12.2 Å². The first-order chi connectivity index (χ1) is 9.79. The van der Waals surface area contributed by atoms with Crippen molar-refractivity contribution < 1.29 is 17.8 Å². The quantitative estimate of drug-likeness (QED) is 0.425. The van der Waals surface area contributed by atoms with Crippen molar-refractivity contribution in [2.45, 2.75) is 83.9 Å². The monoisotopic (exact) mass is 321 g/mol. The van der Waals surface area contributed by atoms with E-state index in [-0.39, 0.29) is 11.8 Å². The molecule has 0 aromatic carbocycles. The second-order valence-corrected chi connectivity index (χ2v) is 7.57. The van der Waals surface area contributed by atoms with Gasteiger partial charge in [0.15, 0.2) is 5.37 Å². The van der Waals surface area contributed by atoms with Crippen LogP contribution in [0.1, 0.15) is 78.6 Å². The molecule has 0 saturated heterocycles. The van der Waals surface area contributed by atoms with Crippen molar-refractivity contribution in [3.8, 4) is 0 Å². The molecule has 0 aliphatic rings. The van der Waals surface area contributed by atoms with Gasteiger partial charge in [-0.1, -0.05) is 65.2 Å². The molecule has 6 heteroatoms. The lowest BCUT2D eigenvalue weighted by atomic mass is 10.0. The molecule has 2 N–H and O–H groups in total. The molecule has 0 heterocycles. The highest BCUT2D eigenvalue weighted by Crippen LogP contribution is 2.13. The maximum Gasteiger partial charge on any atom is 0.285 e. The molecule has 0 aliphatic heterocycles. The number of hydrogen-bond donors (Lipinski definition) is 2. The van der Waals surface area contributed by atoms with Gasteiger partial charge in [0.25, 0.3) is 10.1 Å². The van der Waals surface area contributed by atoms with E-state index in [4.69, 9.17) is 4.55 Å². The smallest absolute Gasteiger partial charge is 0.285 e. The summed E-state index contributed by atoms with van der Waals surface area (Å²) in [6.45, 7) is 5.25. The molecule has 2 atom stereocenters. The van der Waals surface area contributed by atoms with Crippen molar-refractivity contribution in [3.63, 3.8) is 0 Å². The minimum absolute atomic E-state index is 0.228. The Bertz CT molecular complexity index is 381. The molecule has 0 aliphatic carbocycles. The van der Waals surface area contributed by atoms with Gasteiger partial charge in [0, 0.05) is 5.92 Å². The molecule has 0 aromatic heterocycles. The number of unbranched alkanes of at least 4 members (excludes halogenated alkanes) is 7. The zero-order valence-electron chi connectivity index (χ0n) is 13.6. The molecule has 0 spiro atoms. The van der Waals surface area contributed by atoms with E-state index in [0.717, 1.165) is 19.3 Å². The first kappa shape index (κ1) is 20.4. The fourth-order valence-corrected chi connectivity index (χ4v) is 2.40. The second kappa shape index (κ2) is 11.0. The van der Waals surface area contributed by atoms with Gasteiger partial charge in [-0.05, 0) is 13.3 Å². The van der Waals surface area contributed by atoms with E-state index in [9.17, 15) is 13.2 Å². The van der Waals surface area contributed by atoms with Crippen molar-refractivity contribution in [2.75, 3.05) is 0 Å². The fourth-order valence-electron chi connectivity index (χ4n) is 2.13. The number of hydrogen-bond acceptors (Lipinski definition) is 3. The molecule has 1 amide bonds. The Labute approximate surface area is 129 Å². The van der Waals surface area contributed by atoms with Crippen LogP contribution in [-0.2, 0) is 14.9 Å². The van der Waals surface area contributed by atoms with Crippen molar-refractivity contribution in [1.82, 2.24) is 5.32 Å². The zero-order valence-corrected chi connectivity index (χ0v) is 14.4. The average Bonchev–Trinajstić information content (AvgIpc) is 2.40. The van der Waals surface area contributed by atoms with Crippen molar-refractivity contribution in [1.29, 1.82) is 0 Å². The number of carbonyl (C=O) groups is 1. The van der Waals surface area contributed by atoms with Crippen LogP contribution in [0.5, 0.6) is 0 Å². The molecular formula is C15H31NO4S. The molecule has 21 heavy (non-hydrogen) atoms. The fraction of sp³-hybridized carbons (Fsp3) is 0.933. The van der Waals surface area contributed by atoms with Gasteiger partial charge >= 0.3 is 0 Å². The van der Waals surface area contributed by atoms with Gasteiger partial charge in [0.2, 0.25) is 5.91 Å². The molecule has 0 saturated carbocycles. The van der Waals surface area contributed by atoms with Gasteiger partial charge < -0.3 is 5.32 Å². The van der Waals surface area contributed by atoms with Gasteiger partial charge in [-0.3, -0.25) is 9.35 Å². The topological polar surface area (TPSA) is 83.5 Å². The number of nitrogens with one attached hydrogen (secondary N) is 1. The zero-order chi connectivity index (χ0) is 16.3. The standard InChI is InChI=1S/C15H31NO4S/c1-4-5-6-7-8-9-10-11-12-13(2)15(17)16-14(3)21(18,19)20/h13-14H,4-12H2,1-3H3,(H,16,17)(H,18,19,20). The summed E-state index contributed by atoms with van der Waals surface area (Å²) in [5.74, 6) is -0.544. The molecule has 0 rings (SSSR count). The molecular weight excluding hydrogens is 290 g/mol. The van der Waals surface area contributed by atoms with Crippen molar-refractivity contribution in [3.05, 3.63) is 0 Å². The van der Waals surface area contributed by atoms with Gasteiger partial charge in [-0.15, -0.1) is 0 Å². The number of amides is 1. The van der Waals surface area contributed by atoms with Crippen molar-refractivity contribution in [2.24, 2.45) is 5.92 Å². The lowest BCUT2D eigenvalue weighted by molar-refractivity contribution is -0.124. The first-order valence-electron chi connectivity index (χ1n) is 8.05. The summed E-state index contributed by atoms with van der Waals surface area (Å²) in [6, 6.07) is 0. The minimum Gasteiger partial charge on any atom is -0.338 e. The third kappa shape index (κ3) is 10.7. The summed E-state index contributed by atoms with van der Waals surface area (Å²) in [5.41, 5.74) is 0. The van der Waals surface area contributed by atoms with Crippen LogP contribution in [0.3, 0.4) is 0 Å². The molecule has 0 bridgehead atoms. The molecule has 5 nitrogen and oxygen atoms in total. The third-order valence-electron chi connectivity index (χ3n) is 3.73. The molecule has 126 valence electrons. The van der Waals surface area contributed by atoms with Gasteiger partial charge in [0.05, 0.1) is 0 Å². The summed E-state index contributed by atoms with van der Waals surface area (Å²) >= 11 is 0. The minimum atomic E-state index is -4.20. The normalized spacial score (nSPS) is 14.7. The van der Waals surface area contributed by atoms with E-state index < -0.39 is 15.5 Å². The Morgan fingerprint density at radius 2 is 1.48 bits per heavy atom. The summed E-state index contributed by atoms with van der Waals surface area (Å²) in [4.78, 5) is 11.8. The summed E-state index contributed by atoms with van der Waals surface area (Å²) in [7, 11) is -4.20. The van der Waals surface area contributed by atoms with Gasteiger partial charge in [-0.2, -0.15) is 8.42 Å². The molecule has 0 fully saturated rings. The summed E-state index contributed by atoms with van der Waals surface area (Å²) in [6.07, 6.45) is 10.4.